The van der Waals surface area contributed by atoms with E-state index in [2.05, 4.69) is 5.32 Å². The number of nitriles is 1. The molecule has 0 fully saturated rings. The van der Waals surface area contributed by atoms with E-state index in [0.717, 1.165) is 16.7 Å². The smallest absolute Gasteiger partial charge is 0.266 e. The number of nitrogens with zero attached hydrogens (tertiary/aromatic N) is 1. The van der Waals surface area contributed by atoms with E-state index >= 15 is 0 Å². The van der Waals surface area contributed by atoms with Gasteiger partial charge < -0.3 is 10.1 Å². The number of benzene rings is 3. The molecule has 0 aliphatic rings. The zero-order valence-electron chi connectivity index (χ0n) is 17.1. The standard InChI is InChI=1S/C25H20Cl2N2O2/c1-16-7-8-17(2)23(11-16)29-25(30)20(14-28)13-19-5-3-4-6-24(19)31-15-18-9-10-21(26)22(27)12-18/h3-13H,15H2,1-2H3,(H,29,30)/b20-13+. The highest BCUT2D eigenvalue weighted by Gasteiger charge is 2.13. The molecule has 0 atom stereocenters. The number of ether oxygens (including phenoxy) is 1. The molecule has 0 bridgehead atoms. The van der Waals surface area contributed by atoms with Crippen molar-refractivity contribution < 1.29 is 9.53 Å². The van der Waals surface area contributed by atoms with Crippen molar-refractivity contribution in [2.24, 2.45) is 0 Å². The van der Waals surface area contributed by atoms with Crippen LogP contribution in [0.2, 0.25) is 10.0 Å². The summed E-state index contributed by atoms with van der Waals surface area (Å²) in [6, 6.07) is 20.2. The summed E-state index contributed by atoms with van der Waals surface area (Å²) in [5.74, 6) is 0.0661. The second-order valence-corrected chi connectivity index (χ2v) is 7.83. The van der Waals surface area contributed by atoms with Crippen LogP contribution in [0.15, 0.2) is 66.2 Å². The molecule has 0 spiro atoms. The predicted molar refractivity (Wildman–Crippen MR) is 125 cm³/mol. The molecule has 1 amide bonds. The molecule has 1 N–H and O–H groups in total. The normalized spacial score (nSPS) is 11.0. The van der Waals surface area contributed by atoms with Gasteiger partial charge >= 0.3 is 0 Å². The van der Waals surface area contributed by atoms with Gasteiger partial charge in [-0.1, -0.05) is 59.6 Å². The first-order valence-corrected chi connectivity index (χ1v) is 10.3. The van der Waals surface area contributed by atoms with Gasteiger partial charge in [0.15, 0.2) is 0 Å². The molecule has 0 unspecified atom stereocenters. The number of hydrogen-bond donors (Lipinski definition) is 1. The van der Waals surface area contributed by atoms with Crippen molar-refractivity contribution in [1.82, 2.24) is 0 Å². The minimum Gasteiger partial charge on any atom is -0.488 e. The fraction of sp³-hybridized carbons (Fsp3) is 0.120. The van der Waals surface area contributed by atoms with Gasteiger partial charge in [0, 0.05) is 11.3 Å². The lowest BCUT2D eigenvalue weighted by Crippen LogP contribution is -2.14. The highest BCUT2D eigenvalue weighted by Crippen LogP contribution is 2.26. The molecule has 0 heterocycles. The van der Waals surface area contributed by atoms with Crippen LogP contribution >= 0.6 is 23.2 Å². The van der Waals surface area contributed by atoms with Crippen LogP contribution in [0.3, 0.4) is 0 Å². The Balaban J connectivity index is 1.80. The van der Waals surface area contributed by atoms with Gasteiger partial charge in [0.1, 0.15) is 24.0 Å². The van der Waals surface area contributed by atoms with E-state index in [9.17, 15) is 10.1 Å². The maximum atomic E-state index is 12.7. The second kappa shape index (κ2) is 10.2. The van der Waals surface area contributed by atoms with E-state index in [1.54, 1.807) is 24.3 Å². The minimum absolute atomic E-state index is 0.0218. The Hall–Kier alpha value is -3.26. The van der Waals surface area contributed by atoms with Gasteiger partial charge in [-0.05, 0) is 60.9 Å². The Kier molecular flexibility index (Phi) is 7.36. The van der Waals surface area contributed by atoms with Crippen molar-refractivity contribution >= 4 is 40.9 Å². The summed E-state index contributed by atoms with van der Waals surface area (Å²) in [5.41, 5.74) is 4.06. The Morgan fingerprint density at radius 3 is 2.58 bits per heavy atom. The van der Waals surface area contributed by atoms with Crippen molar-refractivity contribution in [2.75, 3.05) is 5.32 Å². The summed E-state index contributed by atoms with van der Waals surface area (Å²) < 4.78 is 5.91. The molecule has 3 aromatic rings. The van der Waals surface area contributed by atoms with Gasteiger partial charge in [-0.2, -0.15) is 5.26 Å². The third kappa shape index (κ3) is 5.88. The van der Waals surface area contributed by atoms with Gasteiger partial charge in [-0.15, -0.1) is 0 Å². The quantitative estimate of drug-likeness (QED) is 0.334. The summed E-state index contributed by atoms with van der Waals surface area (Å²) in [7, 11) is 0. The van der Waals surface area contributed by atoms with Crippen LogP contribution in [0.4, 0.5) is 5.69 Å². The summed E-state index contributed by atoms with van der Waals surface area (Å²) in [5, 5.41) is 13.3. The summed E-state index contributed by atoms with van der Waals surface area (Å²) in [4.78, 5) is 12.7. The Morgan fingerprint density at radius 2 is 1.84 bits per heavy atom. The molecule has 0 saturated carbocycles. The van der Waals surface area contributed by atoms with Crippen molar-refractivity contribution in [1.29, 1.82) is 5.26 Å². The Morgan fingerprint density at radius 1 is 1.06 bits per heavy atom. The predicted octanol–water partition coefficient (Wildman–Crippen LogP) is 6.73. The molecule has 6 heteroatoms. The molecule has 3 rings (SSSR count). The molecule has 156 valence electrons. The summed E-state index contributed by atoms with van der Waals surface area (Å²) in [6.07, 6.45) is 1.52. The SMILES string of the molecule is Cc1ccc(C)c(NC(=O)/C(C#N)=C/c2ccccc2OCc2ccc(Cl)c(Cl)c2)c1. The molecule has 0 aromatic heterocycles. The Bertz CT molecular complexity index is 1200. The molecular formula is C25H20Cl2N2O2. The molecule has 0 aliphatic heterocycles. The fourth-order valence-corrected chi connectivity index (χ4v) is 3.21. The van der Waals surface area contributed by atoms with Crippen LogP contribution in [-0.4, -0.2) is 5.91 Å². The zero-order valence-corrected chi connectivity index (χ0v) is 18.6. The third-order valence-corrected chi connectivity index (χ3v) is 5.34. The number of halogens is 2. The number of para-hydroxylation sites is 1. The van der Waals surface area contributed by atoms with Crippen molar-refractivity contribution in [2.45, 2.75) is 20.5 Å². The van der Waals surface area contributed by atoms with Gasteiger partial charge in [0.25, 0.3) is 5.91 Å². The van der Waals surface area contributed by atoms with E-state index < -0.39 is 5.91 Å². The molecular weight excluding hydrogens is 431 g/mol. The monoisotopic (exact) mass is 450 g/mol. The number of rotatable bonds is 6. The van der Waals surface area contributed by atoms with Gasteiger partial charge in [0.05, 0.1) is 10.0 Å². The third-order valence-electron chi connectivity index (χ3n) is 4.60. The number of hydrogen-bond acceptors (Lipinski definition) is 3. The van der Waals surface area contributed by atoms with Crippen molar-refractivity contribution in [3.05, 3.63) is 98.5 Å². The first kappa shape index (κ1) is 22.4. The molecule has 4 nitrogen and oxygen atoms in total. The van der Waals surface area contributed by atoms with Crippen molar-refractivity contribution in [3.63, 3.8) is 0 Å². The van der Waals surface area contributed by atoms with E-state index in [4.69, 9.17) is 27.9 Å². The average molecular weight is 451 g/mol. The lowest BCUT2D eigenvalue weighted by atomic mass is 10.1. The number of anilines is 1. The minimum atomic E-state index is -0.476. The number of carbonyl (C=O) groups excluding carboxylic acids is 1. The van der Waals surface area contributed by atoms with Crippen LogP contribution in [-0.2, 0) is 11.4 Å². The molecule has 0 aliphatic carbocycles. The van der Waals surface area contributed by atoms with Gasteiger partial charge in [-0.25, -0.2) is 0 Å². The lowest BCUT2D eigenvalue weighted by molar-refractivity contribution is -0.112. The largest absolute Gasteiger partial charge is 0.488 e. The Labute approximate surface area is 191 Å². The first-order chi connectivity index (χ1) is 14.9. The van der Waals surface area contributed by atoms with Gasteiger partial charge in [-0.3, -0.25) is 4.79 Å². The molecule has 31 heavy (non-hydrogen) atoms. The average Bonchev–Trinajstić information content (AvgIpc) is 2.76. The maximum absolute atomic E-state index is 12.7. The number of nitrogens with one attached hydrogen (secondary N) is 1. The highest BCUT2D eigenvalue weighted by molar-refractivity contribution is 6.42. The fourth-order valence-electron chi connectivity index (χ4n) is 2.89. The van der Waals surface area contributed by atoms with E-state index in [1.165, 1.54) is 6.08 Å². The molecule has 0 saturated heterocycles. The molecule has 3 aromatic carbocycles. The lowest BCUT2D eigenvalue weighted by Gasteiger charge is -2.11. The first-order valence-electron chi connectivity index (χ1n) is 9.53. The number of carbonyl (C=O) groups is 1. The van der Waals surface area contributed by atoms with Gasteiger partial charge in [0.2, 0.25) is 0 Å². The number of aryl methyl sites for hydroxylation is 2. The van der Waals surface area contributed by atoms with E-state index in [-0.39, 0.29) is 12.2 Å². The van der Waals surface area contributed by atoms with Crippen LogP contribution in [0.25, 0.3) is 6.08 Å². The van der Waals surface area contributed by atoms with Crippen LogP contribution in [0, 0.1) is 25.2 Å². The summed E-state index contributed by atoms with van der Waals surface area (Å²) in [6.45, 7) is 4.10. The van der Waals surface area contributed by atoms with Crippen LogP contribution in [0.5, 0.6) is 5.75 Å². The zero-order chi connectivity index (χ0) is 22.4. The highest BCUT2D eigenvalue weighted by atomic mass is 35.5. The topological polar surface area (TPSA) is 62.1 Å². The maximum Gasteiger partial charge on any atom is 0.266 e. The van der Waals surface area contributed by atoms with Crippen LogP contribution in [0.1, 0.15) is 22.3 Å². The second-order valence-electron chi connectivity index (χ2n) is 7.02. The van der Waals surface area contributed by atoms with Crippen molar-refractivity contribution in [3.8, 4) is 11.8 Å². The van der Waals surface area contributed by atoms with E-state index in [1.807, 2.05) is 56.3 Å². The molecule has 0 radical (unpaired) electrons. The number of amides is 1. The van der Waals surface area contributed by atoms with Crippen LogP contribution < -0.4 is 10.1 Å². The summed E-state index contributed by atoms with van der Waals surface area (Å²) >= 11 is 12.0. The van der Waals surface area contributed by atoms with E-state index in [0.29, 0.717) is 27.0 Å².